The third kappa shape index (κ3) is 14.6. The summed E-state index contributed by atoms with van der Waals surface area (Å²) in [6.07, 6.45) is 25.0. The summed E-state index contributed by atoms with van der Waals surface area (Å²) < 4.78 is 0. The summed E-state index contributed by atoms with van der Waals surface area (Å²) in [7, 11) is 0. The molecule has 0 aromatic rings. The van der Waals surface area contributed by atoms with Crippen molar-refractivity contribution in [2.45, 2.75) is 142 Å². The first kappa shape index (κ1) is 28.0. The van der Waals surface area contributed by atoms with Gasteiger partial charge in [0.25, 0.3) is 0 Å². The van der Waals surface area contributed by atoms with E-state index in [1.807, 2.05) is 0 Å². The van der Waals surface area contributed by atoms with E-state index >= 15 is 0 Å². The van der Waals surface area contributed by atoms with Gasteiger partial charge in [0.15, 0.2) is 0 Å². The van der Waals surface area contributed by atoms with Gasteiger partial charge in [-0.1, -0.05) is 116 Å². The maximum absolute atomic E-state index is 11.5. The van der Waals surface area contributed by atoms with Gasteiger partial charge >= 0.3 is 11.9 Å². The number of rotatable bonds is 23. The van der Waals surface area contributed by atoms with E-state index in [-0.39, 0.29) is 12.3 Å². The molecule has 182 valence electrons. The molecule has 1 aliphatic rings. The third-order valence-electron chi connectivity index (χ3n) is 7.19. The van der Waals surface area contributed by atoms with Crippen molar-refractivity contribution in [3.63, 3.8) is 0 Å². The van der Waals surface area contributed by atoms with Crippen LogP contribution in [-0.4, -0.2) is 22.2 Å². The van der Waals surface area contributed by atoms with Crippen molar-refractivity contribution in [1.29, 1.82) is 0 Å². The quantitative estimate of drug-likeness (QED) is 0.158. The third-order valence-corrected chi connectivity index (χ3v) is 7.19. The van der Waals surface area contributed by atoms with Gasteiger partial charge in [-0.05, 0) is 31.1 Å². The molecular formula is C27H50O4. The zero-order chi connectivity index (χ0) is 22.7. The van der Waals surface area contributed by atoms with E-state index in [0.717, 1.165) is 44.9 Å². The minimum Gasteiger partial charge on any atom is -0.481 e. The normalized spacial score (nSPS) is 20.1. The van der Waals surface area contributed by atoms with Crippen LogP contribution in [0.1, 0.15) is 142 Å². The lowest BCUT2D eigenvalue weighted by molar-refractivity contribution is -0.139. The van der Waals surface area contributed by atoms with E-state index in [1.165, 1.54) is 83.5 Å². The van der Waals surface area contributed by atoms with Gasteiger partial charge in [-0.25, -0.2) is 0 Å². The molecule has 2 N–H and O–H groups in total. The monoisotopic (exact) mass is 438 g/mol. The van der Waals surface area contributed by atoms with Crippen LogP contribution in [0.25, 0.3) is 0 Å². The van der Waals surface area contributed by atoms with E-state index in [4.69, 9.17) is 5.11 Å². The summed E-state index contributed by atoms with van der Waals surface area (Å²) in [5, 5.41) is 18.1. The van der Waals surface area contributed by atoms with Gasteiger partial charge in [-0.3, -0.25) is 9.59 Å². The first-order valence-corrected chi connectivity index (χ1v) is 13.5. The maximum Gasteiger partial charge on any atom is 0.307 e. The summed E-state index contributed by atoms with van der Waals surface area (Å²) in [5.41, 5.74) is 0. The highest BCUT2D eigenvalue weighted by Gasteiger charge is 2.53. The summed E-state index contributed by atoms with van der Waals surface area (Å²) >= 11 is 0. The van der Waals surface area contributed by atoms with Crippen LogP contribution in [0.4, 0.5) is 0 Å². The van der Waals surface area contributed by atoms with Gasteiger partial charge < -0.3 is 10.2 Å². The van der Waals surface area contributed by atoms with Crippen molar-refractivity contribution in [3.05, 3.63) is 0 Å². The SMILES string of the molecule is CCCCCCCCCCCCCCCC1C(CCCCCCCC(=O)O)C1C(=O)O. The largest absolute Gasteiger partial charge is 0.481 e. The summed E-state index contributed by atoms with van der Waals surface area (Å²) in [6, 6.07) is 0. The lowest BCUT2D eigenvalue weighted by Gasteiger charge is -2.03. The number of carboxylic acid groups (broad SMARTS) is 2. The molecule has 0 radical (unpaired) electrons. The highest BCUT2D eigenvalue weighted by Crippen LogP contribution is 2.52. The van der Waals surface area contributed by atoms with Crippen molar-refractivity contribution >= 4 is 11.9 Å². The predicted octanol–water partition coefficient (Wildman–Crippen LogP) is 8.23. The minimum atomic E-state index is -0.710. The second-order valence-corrected chi connectivity index (χ2v) is 9.92. The number of hydrogen-bond acceptors (Lipinski definition) is 2. The number of aliphatic carboxylic acids is 2. The predicted molar refractivity (Wildman–Crippen MR) is 128 cm³/mol. The fourth-order valence-electron chi connectivity index (χ4n) is 5.18. The zero-order valence-corrected chi connectivity index (χ0v) is 20.3. The Kier molecular flexibility index (Phi) is 16.7. The first-order valence-electron chi connectivity index (χ1n) is 13.5. The van der Waals surface area contributed by atoms with E-state index in [2.05, 4.69) is 6.92 Å². The minimum absolute atomic E-state index is 0.0932. The van der Waals surface area contributed by atoms with Crippen molar-refractivity contribution in [1.82, 2.24) is 0 Å². The van der Waals surface area contributed by atoms with Crippen LogP contribution in [0.5, 0.6) is 0 Å². The molecule has 4 nitrogen and oxygen atoms in total. The van der Waals surface area contributed by atoms with Crippen LogP contribution in [0.3, 0.4) is 0 Å². The average molecular weight is 439 g/mol. The highest BCUT2D eigenvalue weighted by atomic mass is 16.4. The molecule has 0 aliphatic heterocycles. The smallest absolute Gasteiger partial charge is 0.307 e. The van der Waals surface area contributed by atoms with E-state index in [9.17, 15) is 14.7 Å². The molecule has 4 heteroatoms. The number of carbonyl (C=O) groups is 2. The van der Waals surface area contributed by atoms with Gasteiger partial charge in [0.2, 0.25) is 0 Å². The van der Waals surface area contributed by atoms with Crippen molar-refractivity contribution in [2.75, 3.05) is 0 Å². The van der Waals surface area contributed by atoms with Crippen LogP contribution in [0.15, 0.2) is 0 Å². The van der Waals surface area contributed by atoms with Crippen molar-refractivity contribution in [3.8, 4) is 0 Å². The van der Waals surface area contributed by atoms with Gasteiger partial charge in [0.1, 0.15) is 0 Å². The van der Waals surface area contributed by atoms with Crippen molar-refractivity contribution < 1.29 is 19.8 Å². The summed E-state index contributed by atoms with van der Waals surface area (Å²) in [5.74, 6) is -0.583. The van der Waals surface area contributed by atoms with Crippen LogP contribution in [0, 0.1) is 17.8 Å². The second kappa shape index (κ2) is 18.5. The van der Waals surface area contributed by atoms with E-state index in [0.29, 0.717) is 11.8 Å². The number of hydrogen-bond donors (Lipinski definition) is 2. The van der Waals surface area contributed by atoms with Gasteiger partial charge in [0.05, 0.1) is 5.92 Å². The van der Waals surface area contributed by atoms with Gasteiger partial charge in [0, 0.05) is 6.42 Å². The lowest BCUT2D eigenvalue weighted by atomic mass is 10.0. The molecule has 0 heterocycles. The molecule has 1 rings (SSSR count). The Balaban J connectivity index is 1.93. The average Bonchev–Trinajstić information content (AvgIpc) is 3.43. The molecule has 31 heavy (non-hydrogen) atoms. The van der Waals surface area contributed by atoms with Crippen LogP contribution >= 0.6 is 0 Å². The van der Waals surface area contributed by atoms with Crippen LogP contribution in [0.2, 0.25) is 0 Å². The second-order valence-electron chi connectivity index (χ2n) is 9.92. The molecule has 1 fully saturated rings. The number of unbranched alkanes of at least 4 members (excludes halogenated alkanes) is 16. The molecule has 1 saturated carbocycles. The zero-order valence-electron chi connectivity index (χ0n) is 20.3. The molecule has 0 saturated heterocycles. The molecular weight excluding hydrogens is 388 g/mol. The van der Waals surface area contributed by atoms with E-state index in [1.54, 1.807) is 0 Å². The summed E-state index contributed by atoms with van der Waals surface area (Å²) in [4.78, 5) is 22.0. The molecule has 0 bridgehead atoms. The molecule has 1 aliphatic carbocycles. The van der Waals surface area contributed by atoms with Gasteiger partial charge in [-0.15, -0.1) is 0 Å². The Hall–Kier alpha value is -1.06. The van der Waals surface area contributed by atoms with Crippen molar-refractivity contribution in [2.24, 2.45) is 17.8 Å². The fourth-order valence-corrected chi connectivity index (χ4v) is 5.18. The number of carboxylic acids is 2. The Labute approximate surface area is 191 Å². The maximum atomic E-state index is 11.5. The Morgan fingerprint density at radius 3 is 1.26 bits per heavy atom. The standard InChI is InChI=1S/C27H50O4/c1-2-3-4-5-6-7-8-9-10-11-12-14-17-20-23-24(26(23)27(30)31)21-18-15-13-16-19-22-25(28)29/h23-24,26H,2-22H2,1H3,(H,28,29)(H,30,31). The molecule has 0 aromatic heterocycles. The molecule has 0 spiro atoms. The molecule has 3 atom stereocenters. The molecule has 3 unspecified atom stereocenters. The Morgan fingerprint density at radius 1 is 0.548 bits per heavy atom. The topological polar surface area (TPSA) is 74.6 Å². The molecule has 0 aromatic carbocycles. The summed E-state index contributed by atoms with van der Waals surface area (Å²) in [6.45, 7) is 2.27. The Bertz CT molecular complexity index is 462. The highest BCUT2D eigenvalue weighted by molar-refractivity contribution is 5.74. The van der Waals surface area contributed by atoms with Gasteiger partial charge in [-0.2, -0.15) is 0 Å². The first-order chi connectivity index (χ1) is 15.1. The Morgan fingerprint density at radius 2 is 0.903 bits per heavy atom. The van der Waals surface area contributed by atoms with Crippen LogP contribution in [-0.2, 0) is 9.59 Å². The van der Waals surface area contributed by atoms with E-state index < -0.39 is 11.9 Å². The lowest BCUT2D eigenvalue weighted by Crippen LogP contribution is -2.00. The molecule has 0 amide bonds. The fraction of sp³-hybridized carbons (Fsp3) is 0.926. The van der Waals surface area contributed by atoms with Crippen LogP contribution < -0.4 is 0 Å².